The van der Waals surface area contributed by atoms with E-state index in [1.807, 2.05) is 13.0 Å². The lowest BCUT2D eigenvalue weighted by Gasteiger charge is -2.29. The van der Waals surface area contributed by atoms with E-state index in [4.69, 9.17) is 4.74 Å². The van der Waals surface area contributed by atoms with Gasteiger partial charge in [-0.1, -0.05) is 0 Å². The van der Waals surface area contributed by atoms with Crippen LogP contribution in [0.4, 0.5) is 25.2 Å². The number of pyridine rings is 1. The molecule has 0 bridgehead atoms. The van der Waals surface area contributed by atoms with Crippen molar-refractivity contribution in [2.45, 2.75) is 19.5 Å². The molecule has 1 fully saturated rings. The van der Waals surface area contributed by atoms with Gasteiger partial charge < -0.3 is 15.0 Å². The van der Waals surface area contributed by atoms with E-state index in [2.05, 4.69) is 30.5 Å². The molecule has 0 saturated carbocycles. The Morgan fingerprint density at radius 2 is 2.04 bits per heavy atom. The Labute approximate surface area is 154 Å². The summed E-state index contributed by atoms with van der Waals surface area (Å²) in [6, 6.07) is 3.72. The van der Waals surface area contributed by atoms with E-state index in [1.54, 1.807) is 6.07 Å². The monoisotopic (exact) mass is 376 g/mol. The van der Waals surface area contributed by atoms with Crippen LogP contribution in [-0.2, 0) is 4.74 Å². The van der Waals surface area contributed by atoms with E-state index >= 15 is 0 Å². The maximum absolute atomic E-state index is 13.5. The van der Waals surface area contributed by atoms with Gasteiger partial charge in [0.25, 0.3) is 6.43 Å². The minimum atomic E-state index is -2.91. The number of cyclic esters (lactones) is 1. The van der Waals surface area contributed by atoms with Gasteiger partial charge in [0.05, 0.1) is 11.3 Å². The van der Waals surface area contributed by atoms with Crippen LogP contribution in [0.25, 0.3) is 11.4 Å². The Morgan fingerprint density at radius 1 is 1.26 bits per heavy atom. The summed E-state index contributed by atoms with van der Waals surface area (Å²) in [6.07, 6.45) is -4.39. The second kappa shape index (κ2) is 7.03. The fraction of sp³-hybridized carbons (Fsp3) is 0.412. The molecule has 1 atom stereocenters. The SMILES string of the molecule is Cc1cc(-c2ncnc3c2C(C(F)F)OC(=O)N3)nc(N2CCNCC2)c1. The van der Waals surface area contributed by atoms with Gasteiger partial charge in [-0.25, -0.2) is 28.5 Å². The molecule has 2 aromatic rings. The van der Waals surface area contributed by atoms with Crippen LogP contribution in [-0.4, -0.2) is 53.6 Å². The lowest BCUT2D eigenvalue weighted by Crippen LogP contribution is -2.43. The molecule has 2 N–H and O–H groups in total. The number of alkyl halides is 2. The van der Waals surface area contributed by atoms with Crippen molar-refractivity contribution < 1.29 is 18.3 Å². The van der Waals surface area contributed by atoms with E-state index in [1.165, 1.54) is 6.33 Å². The molecule has 0 spiro atoms. The number of aryl methyl sites for hydroxylation is 1. The molecule has 1 unspecified atom stereocenters. The second-order valence-corrected chi connectivity index (χ2v) is 6.39. The zero-order valence-electron chi connectivity index (χ0n) is 14.6. The predicted octanol–water partition coefficient (Wildman–Crippen LogP) is 2.12. The summed E-state index contributed by atoms with van der Waals surface area (Å²) in [5.74, 6) is 0.779. The quantitative estimate of drug-likeness (QED) is 0.848. The third kappa shape index (κ3) is 3.39. The van der Waals surface area contributed by atoms with Gasteiger partial charge in [0.15, 0.2) is 6.10 Å². The first-order valence-electron chi connectivity index (χ1n) is 8.58. The topological polar surface area (TPSA) is 92.3 Å². The molecule has 2 aliphatic rings. The van der Waals surface area contributed by atoms with Crippen LogP contribution in [0.1, 0.15) is 17.2 Å². The summed E-state index contributed by atoms with van der Waals surface area (Å²) in [4.78, 5) is 26.4. The van der Waals surface area contributed by atoms with Crippen LogP contribution in [0.2, 0.25) is 0 Å². The number of hydrogen-bond donors (Lipinski definition) is 2. The number of anilines is 2. The third-order valence-electron chi connectivity index (χ3n) is 4.49. The van der Waals surface area contributed by atoms with Crippen molar-refractivity contribution in [2.24, 2.45) is 0 Å². The second-order valence-electron chi connectivity index (χ2n) is 6.39. The lowest BCUT2D eigenvalue weighted by molar-refractivity contribution is -0.0170. The lowest BCUT2D eigenvalue weighted by atomic mass is 10.0. The number of ether oxygens (including phenoxy) is 1. The molecular weight excluding hydrogens is 358 g/mol. The molecule has 142 valence electrons. The van der Waals surface area contributed by atoms with Gasteiger partial charge in [0.1, 0.15) is 23.7 Å². The zero-order chi connectivity index (χ0) is 19.0. The van der Waals surface area contributed by atoms with Crippen molar-refractivity contribution in [1.29, 1.82) is 0 Å². The van der Waals surface area contributed by atoms with Crippen LogP contribution in [0.15, 0.2) is 18.5 Å². The van der Waals surface area contributed by atoms with Crippen LogP contribution < -0.4 is 15.5 Å². The van der Waals surface area contributed by atoms with Gasteiger partial charge in [-0.15, -0.1) is 0 Å². The zero-order valence-corrected chi connectivity index (χ0v) is 14.6. The average Bonchev–Trinajstić information content (AvgIpc) is 2.66. The molecule has 10 heteroatoms. The number of aromatic nitrogens is 3. The molecule has 1 amide bonds. The highest BCUT2D eigenvalue weighted by Gasteiger charge is 2.37. The Morgan fingerprint density at radius 3 is 2.78 bits per heavy atom. The maximum Gasteiger partial charge on any atom is 0.413 e. The van der Waals surface area contributed by atoms with Crippen LogP contribution in [0.3, 0.4) is 0 Å². The van der Waals surface area contributed by atoms with E-state index in [-0.39, 0.29) is 17.1 Å². The predicted molar refractivity (Wildman–Crippen MR) is 93.9 cm³/mol. The Balaban J connectivity index is 1.81. The number of piperazine rings is 1. The molecule has 4 rings (SSSR count). The first-order chi connectivity index (χ1) is 13.0. The molecule has 8 nitrogen and oxygen atoms in total. The Kier molecular flexibility index (Phi) is 4.56. The maximum atomic E-state index is 13.5. The van der Waals surface area contributed by atoms with Crippen molar-refractivity contribution >= 4 is 17.7 Å². The molecule has 2 aliphatic heterocycles. The van der Waals surface area contributed by atoms with Gasteiger partial charge in [-0.05, 0) is 24.6 Å². The normalized spacial score (nSPS) is 19.5. The summed E-state index contributed by atoms with van der Waals surface area (Å²) >= 11 is 0. The van der Waals surface area contributed by atoms with Crippen LogP contribution >= 0.6 is 0 Å². The molecule has 0 radical (unpaired) electrons. The average molecular weight is 376 g/mol. The van der Waals surface area contributed by atoms with Crippen molar-refractivity contribution in [2.75, 3.05) is 36.4 Å². The number of fused-ring (bicyclic) bond motifs is 1. The van der Waals surface area contributed by atoms with Crippen molar-refractivity contribution in [3.8, 4) is 11.4 Å². The largest absolute Gasteiger partial charge is 0.435 e. The van der Waals surface area contributed by atoms with Crippen molar-refractivity contribution in [3.05, 3.63) is 29.6 Å². The van der Waals surface area contributed by atoms with Gasteiger partial charge >= 0.3 is 6.09 Å². The number of halogens is 2. The van der Waals surface area contributed by atoms with Crippen LogP contribution in [0, 0.1) is 6.92 Å². The highest BCUT2D eigenvalue weighted by atomic mass is 19.3. The number of carbonyl (C=O) groups is 1. The summed E-state index contributed by atoms with van der Waals surface area (Å²) in [7, 11) is 0. The summed E-state index contributed by atoms with van der Waals surface area (Å²) in [5.41, 5.74) is 1.63. The fourth-order valence-corrected chi connectivity index (χ4v) is 3.27. The summed E-state index contributed by atoms with van der Waals surface area (Å²) < 4.78 is 31.8. The smallest absolute Gasteiger partial charge is 0.413 e. The number of hydrogen-bond acceptors (Lipinski definition) is 7. The molecule has 2 aromatic heterocycles. The number of amides is 1. The molecule has 0 aliphatic carbocycles. The number of rotatable bonds is 3. The molecule has 4 heterocycles. The molecule has 1 saturated heterocycles. The fourth-order valence-electron chi connectivity index (χ4n) is 3.27. The third-order valence-corrected chi connectivity index (χ3v) is 4.49. The van der Waals surface area contributed by atoms with E-state index in [0.29, 0.717) is 5.69 Å². The minimum Gasteiger partial charge on any atom is -0.435 e. The Hall–Kier alpha value is -2.88. The highest BCUT2D eigenvalue weighted by Crippen LogP contribution is 2.39. The van der Waals surface area contributed by atoms with Crippen molar-refractivity contribution in [3.63, 3.8) is 0 Å². The van der Waals surface area contributed by atoms with E-state index in [9.17, 15) is 13.6 Å². The van der Waals surface area contributed by atoms with E-state index < -0.39 is 18.6 Å². The number of nitrogens with one attached hydrogen (secondary N) is 2. The van der Waals surface area contributed by atoms with Gasteiger partial charge in [-0.3, -0.25) is 5.32 Å². The minimum absolute atomic E-state index is 0.0218. The summed E-state index contributed by atoms with van der Waals surface area (Å²) in [6.45, 7) is 5.21. The molecule has 0 aromatic carbocycles. The molecular formula is C17H18F2N6O2. The molecule has 27 heavy (non-hydrogen) atoms. The highest BCUT2D eigenvalue weighted by molar-refractivity contribution is 5.88. The first kappa shape index (κ1) is 17.5. The van der Waals surface area contributed by atoms with Crippen molar-refractivity contribution in [1.82, 2.24) is 20.3 Å². The summed E-state index contributed by atoms with van der Waals surface area (Å²) in [5, 5.41) is 5.63. The van der Waals surface area contributed by atoms with Gasteiger partial charge in [-0.2, -0.15) is 0 Å². The Bertz CT molecular complexity index is 872. The van der Waals surface area contributed by atoms with Crippen LogP contribution in [0.5, 0.6) is 0 Å². The van der Waals surface area contributed by atoms with Gasteiger partial charge in [0.2, 0.25) is 0 Å². The van der Waals surface area contributed by atoms with Gasteiger partial charge in [0, 0.05) is 26.2 Å². The number of carbonyl (C=O) groups excluding carboxylic acids is 1. The first-order valence-corrected chi connectivity index (χ1v) is 8.58. The standard InChI is InChI=1S/C17H18F2N6O2/c1-9-6-10(23-11(7-9)25-4-2-20-3-5-25)13-12-14(15(18)19)27-17(26)24-16(12)22-8-21-13/h6-8,14-15,20H,2-5H2,1H3,(H,21,22,24,26). The number of nitrogens with zero attached hydrogens (tertiary/aromatic N) is 4. The van der Waals surface area contributed by atoms with E-state index in [0.717, 1.165) is 37.6 Å².